The number of nitrogens with zero attached hydrogens (tertiary/aromatic N) is 3. The molecule has 5 nitrogen and oxygen atoms in total. The van der Waals surface area contributed by atoms with Crippen LogP contribution in [0.3, 0.4) is 0 Å². The molecule has 90 valence electrons. The minimum absolute atomic E-state index is 0.140. The lowest BCUT2D eigenvalue weighted by atomic mass is 10.5. The molecule has 0 aliphatic rings. The maximum Gasteiger partial charge on any atom is 0.280 e. The normalized spacial score (nSPS) is 10.9. The second kappa shape index (κ2) is 4.50. The summed E-state index contributed by atoms with van der Waals surface area (Å²) in [7, 11) is 1.82. The zero-order valence-electron chi connectivity index (χ0n) is 9.56. The van der Waals surface area contributed by atoms with Crippen LogP contribution in [0.2, 0.25) is 0 Å². The van der Waals surface area contributed by atoms with Crippen LogP contribution >= 0.6 is 24.0 Å². The number of thioether (sulfide) groups is 1. The van der Waals surface area contributed by atoms with Crippen LogP contribution < -0.4 is 5.56 Å². The molecule has 0 radical (unpaired) electrons. The maximum absolute atomic E-state index is 12.2. The van der Waals surface area contributed by atoms with Crippen LogP contribution in [-0.4, -0.2) is 25.4 Å². The van der Waals surface area contributed by atoms with Gasteiger partial charge >= 0.3 is 0 Å². The van der Waals surface area contributed by atoms with Crippen molar-refractivity contribution in [2.75, 3.05) is 6.26 Å². The van der Waals surface area contributed by atoms with Gasteiger partial charge in [0.15, 0.2) is 21.1 Å². The maximum atomic E-state index is 12.2. The van der Waals surface area contributed by atoms with E-state index in [0.29, 0.717) is 22.5 Å². The average Bonchev–Trinajstić information content (AvgIpc) is 2.61. The monoisotopic (exact) mass is 268 g/mol. The molecule has 1 N–H and O–H groups in total. The first-order valence-corrected chi connectivity index (χ1v) is 6.58. The summed E-state index contributed by atoms with van der Waals surface area (Å²) in [6.07, 6.45) is 3.56. The molecule has 0 saturated heterocycles. The highest BCUT2D eigenvalue weighted by Gasteiger charge is 2.13. The van der Waals surface area contributed by atoms with E-state index < -0.39 is 0 Å². The third-order valence-corrected chi connectivity index (χ3v) is 3.52. The SMILES string of the molecule is C=CCn1c(=S)[nH]c2nc(SC)n(C)c2c1=O. The summed E-state index contributed by atoms with van der Waals surface area (Å²) < 4.78 is 3.61. The minimum atomic E-state index is -0.140. The van der Waals surface area contributed by atoms with Crippen molar-refractivity contribution in [2.24, 2.45) is 7.05 Å². The Morgan fingerprint density at radius 1 is 1.65 bits per heavy atom. The van der Waals surface area contributed by atoms with Gasteiger partial charge in [0.2, 0.25) is 0 Å². The number of fused-ring (bicyclic) bond motifs is 1. The van der Waals surface area contributed by atoms with Crippen LogP contribution in [0.4, 0.5) is 0 Å². The second-order valence-electron chi connectivity index (χ2n) is 3.49. The molecule has 2 rings (SSSR count). The fourth-order valence-electron chi connectivity index (χ4n) is 1.68. The number of allylic oxidation sites excluding steroid dienone is 1. The van der Waals surface area contributed by atoms with Gasteiger partial charge in [0.1, 0.15) is 0 Å². The number of nitrogens with one attached hydrogen (secondary N) is 1. The van der Waals surface area contributed by atoms with Gasteiger partial charge in [-0.2, -0.15) is 0 Å². The molecule has 2 aromatic heterocycles. The molecule has 0 unspecified atom stereocenters. The number of hydrogen-bond donors (Lipinski definition) is 1. The number of aromatic amines is 1. The number of H-pyrrole nitrogens is 1. The van der Waals surface area contributed by atoms with Crippen LogP contribution in [0.5, 0.6) is 0 Å². The number of imidazole rings is 1. The summed E-state index contributed by atoms with van der Waals surface area (Å²) >= 11 is 6.61. The summed E-state index contributed by atoms with van der Waals surface area (Å²) in [6, 6.07) is 0. The number of rotatable bonds is 3. The Labute approximate surface area is 107 Å². The van der Waals surface area contributed by atoms with Crippen molar-refractivity contribution in [3.63, 3.8) is 0 Å². The quantitative estimate of drug-likeness (QED) is 0.523. The molecule has 17 heavy (non-hydrogen) atoms. The number of hydrogen-bond acceptors (Lipinski definition) is 4. The van der Waals surface area contributed by atoms with Gasteiger partial charge in [-0.25, -0.2) is 4.98 Å². The van der Waals surface area contributed by atoms with Gasteiger partial charge in [-0.1, -0.05) is 17.8 Å². The molecule has 0 aliphatic heterocycles. The van der Waals surface area contributed by atoms with E-state index in [-0.39, 0.29) is 5.56 Å². The number of aryl methyl sites for hydroxylation is 1. The predicted octanol–water partition coefficient (Wildman–Crippen LogP) is 1.70. The van der Waals surface area contributed by atoms with E-state index in [9.17, 15) is 4.79 Å². The third-order valence-electron chi connectivity index (χ3n) is 2.47. The van der Waals surface area contributed by atoms with Gasteiger partial charge in [0.25, 0.3) is 5.56 Å². The van der Waals surface area contributed by atoms with E-state index in [0.717, 1.165) is 5.16 Å². The molecule has 0 spiro atoms. The second-order valence-corrected chi connectivity index (χ2v) is 4.65. The molecule has 0 saturated carbocycles. The zero-order valence-corrected chi connectivity index (χ0v) is 11.2. The van der Waals surface area contributed by atoms with Crippen LogP contribution in [0.15, 0.2) is 22.6 Å². The topological polar surface area (TPSA) is 55.6 Å². The van der Waals surface area contributed by atoms with Gasteiger partial charge in [-0.3, -0.25) is 9.36 Å². The third kappa shape index (κ3) is 1.85. The van der Waals surface area contributed by atoms with E-state index in [2.05, 4.69) is 16.5 Å². The lowest BCUT2D eigenvalue weighted by molar-refractivity contribution is 0.740. The Bertz CT molecular complexity index is 695. The summed E-state index contributed by atoms with van der Waals surface area (Å²) in [5, 5.41) is 0.777. The van der Waals surface area contributed by atoms with Crippen LogP contribution in [0.25, 0.3) is 11.2 Å². The van der Waals surface area contributed by atoms with E-state index >= 15 is 0 Å². The highest BCUT2D eigenvalue weighted by molar-refractivity contribution is 7.98. The molecule has 2 heterocycles. The summed E-state index contributed by atoms with van der Waals surface area (Å²) in [5.74, 6) is 0. The largest absolute Gasteiger partial charge is 0.316 e. The average molecular weight is 268 g/mol. The van der Waals surface area contributed by atoms with Crippen molar-refractivity contribution < 1.29 is 0 Å². The first kappa shape index (κ1) is 12.1. The van der Waals surface area contributed by atoms with E-state index in [1.807, 2.05) is 13.3 Å². The molecule has 0 aliphatic carbocycles. The van der Waals surface area contributed by atoms with Crippen molar-refractivity contribution in [3.05, 3.63) is 27.8 Å². The van der Waals surface area contributed by atoms with Crippen LogP contribution in [-0.2, 0) is 13.6 Å². The standard InChI is InChI=1S/C10H12N4OS2/c1-4-5-14-8(15)6-7(11-9(14)16)12-10(17-3)13(6)2/h4H,1,5H2,2-3H3,(H,11,16). The fourth-order valence-corrected chi connectivity index (χ4v) is 2.48. The van der Waals surface area contributed by atoms with Crippen molar-refractivity contribution in [3.8, 4) is 0 Å². The lowest BCUT2D eigenvalue weighted by Gasteiger charge is -2.03. The van der Waals surface area contributed by atoms with Crippen molar-refractivity contribution in [1.82, 2.24) is 19.1 Å². The summed E-state index contributed by atoms with van der Waals surface area (Å²) in [4.78, 5) is 19.5. The van der Waals surface area contributed by atoms with Gasteiger partial charge in [0, 0.05) is 13.6 Å². The van der Waals surface area contributed by atoms with Crippen LogP contribution in [0, 0.1) is 4.77 Å². The molecule has 0 fully saturated rings. The zero-order chi connectivity index (χ0) is 12.6. The van der Waals surface area contributed by atoms with E-state index in [1.165, 1.54) is 16.3 Å². The lowest BCUT2D eigenvalue weighted by Crippen LogP contribution is -2.23. The number of aromatic nitrogens is 4. The summed E-state index contributed by atoms with van der Waals surface area (Å²) in [5.41, 5.74) is 0.927. The van der Waals surface area contributed by atoms with E-state index in [1.54, 1.807) is 10.6 Å². The molecule has 7 heteroatoms. The van der Waals surface area contributed by atoms with Gasteiger partial charge in [0.05, 0.1) is 0 Å². The van der Waals surface area contributed by atoms with Gasteiger partial charge in [-0.15, -0.1) is 6.58 Å². The van der Waals surface area contributed by atoms with Crippen molar-refractivity contribution in [1.29, 1.82) is 0 Å². The molecule has 0 aromatic carbocycles. The predicted molar refractivity (Wildman–Crippen MR) is 72.1 cm³/mol. The molecular weight excluding hydrogens is 256 g/mol. The molecule has 0 amide bonds. The van der Waals surface area contributed by atoms with Crippen molar-refractivity contribution in [2.45, 2.75) is 11.7 Å². The Kier molecular flexibility index (Phi) is 3.21. The van der Waals surface area contributed by atoms with Gasteiger partial charge < -0.3 is 9.55 Å². The fraction of sp³-hybridized carbons (Fsp3) is 0.300. The Morgan fingerprint density at radius 3 is 2.94 bits per heavy atom. The van der Waals surface area contributed by atoms with E-state index in [4.69, 9.17) is 12.2 Å². The Hall–Kier alpha value is -1.34. The molecule has 0 bridgehead atoms. The first-order valence-electron chi connectivity index (χ1n) is 4.94. The smallest absolute Gasteiger partial charge is 0.280 e. The minimum Gasteiger partial charge on any atom is -0.316 e. The highest BCUT2D eigenvalue weighted by Crippen LogP contribution is 2.16. The molecular formula is C10H12N4OS2. The first-order chi connectivity index (χ1) is 8.10. The molecule has 0 atom stereocenters. The van der Waals surface area contributed by atoms with Gasteiger partial charge in [-0.05, 0) is 18.5 Å². The Morgan fingerprint density at radius 2 is 2.35 bits per heavy atom. The Balaban J connectivity index is 2.91. The van der Waals surface area contributed by atoms with Crippen LogP contribution in [0.1, 0.15) is 0 Å². The highest BCUT2D eigenvalue weighted by atomic mass is 32.2. The van der Waals surface area contributed by atoms with Crippen molar-refractivity contribution >= 4 is 35.1 Å². The summed E-state index contributed by atoms with van der Waals surface area (Å²) in [6.45, 7) is 4.01. The molecule has 2 aromatic rings.